The number of pyridine rings is 1. The van der Waals surface area contributed by atoms with Crippen LogP contribution < -0.4 is 9.47 Å². The first-order chi connectivity index (χ1) is 14.0. The second-order valence-corrected chi connectivity index (χ2v) is 6.95. The van der Waals surface area contributed by atoms with Crippen LogP contribution in [0.2, 0.25) is 5.02 Å². The van der Waals surface area contributed by atoms with E-state index in [0.717, 1.165) is 16.7 Å². The van der Waals surface area contributed by atoms with E-state index in [0.29, 0.717) is 40.7 Å². The van der Waals surface area contributed by atoms with Gasteiger partial charge in [0.1, 0.15) is 24.7 Å². The minimum Gasteiger partial charge on any atom is -0.488 e. The highest BCUT2D eigenvalue weighted by atomic mass is 35.5. The number of rotatable bonds is 7. The van der Waals surface area contributed by atoms with Crippen LogP contribution in [0, 0.1) is 20.4 Å². The number of ether oxygens (including phenoxy) is 2. The molecule has 0 unspecified atom stereocenters. The van der Waals surface area contributed by atoms with Crippen LogP contribution in [0.15, 0.2) is 48.8 Å². The van der Waals surface area contributed by atoms with Crippen LogP contribution in [0.4, 0.5) is 5.69 Å². The number of carbonyl (C=O) groups is 1. The summed E-state index contributed by atoms with van der Waals surface area (Å²) in [5.41, 5.74) is 4.89. The van der Waals surface area contributed by atoms with Gasteiger partial charge in [-0.05, 0) is 48.2 Å². The van der Waals surface area contributed by atoms with E-state index in [-0.39, 0.29) is 6.61 Å². The molecule has 29 heavy (non-hydrogen) atoms. The van der Waals surface area contributed by atoms with Crippen LogP contribution in [0.1, 0.15) is 32.6 Å². The molecule has 0 aliphatic heterocycles. The average molecular weight is 407 g/mol. The molecule has 1 heterocycles. The first-order valence-electron chi connectivity index (χ1n) is 8.92. The Labute approximate surface area is 174 Å². The van der Waals surface area contributed by atoms with E-state index in [1.807, 2.05) is 19.1 Å². The molecule has 5 nitrogen and oxygen atoms in total. The maximum Gasteiger partial charge on any atom is 0.205 e. The van der Waals surface area contributed by atoms with Crippen molar-refractivity contribution in [2.75, 3.05) is 0 Å². The van der Waals surface area contributed by atoms with E-state index in [4.69, 9.17) is 27.6 Å². The molecule has 3 aromatic rings. The summed E-state index contributed by atoms with van der Waals surface area (Å²) in [6.45, 7) is 11.7. The lowest BCUT2D eigenvalue weighted by Gasteiger charge is -2.14. The molecular formula is C23H19ClN2O3. The number of benzene rings is 2. The highest BCUT2D eigenvalue weighted by Gasteiger charge is 2.12. The van der Waals surface area contributed by atoms with E-state index >= 15 is 0 Å². The molecule has 1 aromatic heterocycles. The van der Waals surface area contributed by atoms with E-state index < -0.39 is 0 Å². The molecular weight excluding hydrogens is 388 g/mol. The highest BCUT2D eigenvalue weighted by molar-refractivity contribution is 6.32. The molecule has 3 rings (SSSR count). The fourth-order valence-electron chi connectivity index (χ4n) is 2.78. The van der Waals surface area contributed by atoms with E-state index in [1.165, 1.54) is 17.8 Å². The van der Waals surface area contributed by atoms with Crippen LogP contribution in [0.3, 0.4) is 0 Å². The first-order valence-corrected chi connectivity index (χ1v) is 9.30. The van der Waals surface area contributed by atoms with Crippen molar-refractivity contribution in [1.29, 1.82) is 0 Å². The zero-order chi connectivity index (χ0) is 20.8. The van der Waals surface area contributed by atoms with Crippen LogP contribution in [-0.4, -0.2) is 11.3 Å². The summed E-state index contributed by atoms with van der Waals surface area (Å²) in [6, 6.07) is 10.9. The predicted octanol–water partition coefficient (Wildman–Crippen LogP) is 5.87. The van der Waals surface area contributed by atoms with Crippen LogP contribution in [0.25, 0.3) is 4.85 Å². The van der Waals surface area contributed by atoms with Gasteiger partial charge in [0.15, 0.2) is 6.29 Å². The minimum atomic E-state index is 0.162. The summed E-state index contributed by atoms with van der Waals surface area (Å²) in [5.74, 6) is 0.787. The quantitative estimate of drug-likeness (QED) is 0.363. The van der Waals surface area contributed by atoms with Gasteiger partial charge in [0.2, 0.25) is 5.69 Å². The lowest BCUT2D eigenvalue weighted by Crippen LogP contribution is -2.02. The van der Waals surface area contributed by atoms with Crippen molar-refractivity contribution in [3.63, 3.8) is 0 Å². The molecule has 0 fully saturated rings. The Balaban J connectivity index is 1.79. The van der Waals surface area contributed by atoms with Crippen LogP contribution in [0.5, 0.6) is 11.5 Å². The predicted molar refractivity (Wildman–Crippen MR) is 112 cm³/mol. The van der Waals surface area contributed by atoms with Gasteiger partial charge < -0.3 is 9.47 Å². The van der Waals surface area contributed by atoms with Crippen LogP contribution in [-0.2, 0) is 13.2 Å². The van der Waals surface area contributed by atoms with Gasteiger partial charge in [-0.2, -0.15) is 0 Å². The van der Waals surface area contributed by atoms with E-state index in [1.54, 1.807) is 18.3 Å². The highest BCUT2D eigenvalue weighted by Crippen LogP contribution is 2.33. The van der Waals surface area contributed by atoms with Gasteiger partial charge in [0.05, 0.1) is 17.2 Å². The summed E-state index contributed by atoms with van der Waals surface area (Å²) >= 11 is 6.29. The van der Waals surface area contributed by atoms with Crippen molar-refractivity contribution < 1.29 is 14.3 Å². The van der Waals surface area contributed by atoms with Crippen molar-refractivity contribution in [3.05, 3.63) is 93.0 Å². The molecule has 6 heteroatoms. The molecule has 0 atom stereocenters. The van der Waals surface area contributed by atoms with Crippen molar-refractivity contribution in [1.82, 2.24) is 4.98 Å². The molecule has 146 valence electrons. The third kappa shape index (κ3) is 4.92. The molecule has 0 amide bonds. The lowest BCUT2D eigenvalue weighted by atomic mass is 10.0. The van der Waals surface area contributed by atoms with Gasteiger partial charge >= 0.3 is 0 Å². The Hall–Kier alpha value is -3.36. The summed E-state index contributed by atoms with van der Waals surface area (Å²) < 4.78 is 11.7. The molecule has 0 radical (unpaired) electrons. The third-order valence-corrected chi connectivity index (χ3v) is 4.89. The summed E-state index contributed by atoms with van der Waals surface area (Å²) in [6.07, 6.45) is 3.78. The van der Waals surface area contributed by atoms with Crippen molar-refractivity contribution in [3.8, 4) is 11.5 Å². The first kappa shape index (κ1) is 20.4. The number of hydrogen-bond donors (Lipinski definition) is 0. The summed E-state index contributed by atoms with van der Waals surface area (Å²) in [7, 11) is 0. The minimum absolute atomic E-state index is 0.162. The van der Waals surface area contributed by atoms with Crippen molar-refractivity contribution >= 4 is 23.6 Å². The Kier molecular flexibility index (Phi) is 6.48. The van der Waals surface area contributed by atoms with Gasteiger partial charge in [0.25, 0.3) is 0 Å². The molecule has 0 saturated carbocycles. The monoisotopic (exact) mass is 406 g/mol. The fraction of sp³-hybridized carbons (Fsp3) is 0.174. The Morgan fingerprint density at radius 1 is 1.10 bits per heavy atom. The standard InChI is InChI=1S/C23H19ClN2O3/c1-15-5-4-6-18(16(15)2)14-29-23-9-22(19(12-27)8-21(23)24)28-13-17-7-20(25-3)11-26-10-17/h4-12H,13-14H2,1-2H3. The maximum absolute atomic E-state index is 11.4. The fourth-order valence-corrected chi connectivity index (χ4v) is 3.00. The van der Waals surface area contributed by atoms with Crippen LogP contribution >= 0.6 is 11.6 Å². The van der Waals surface area contributed by atoms with Gasteiger partial charge in [-0.1, -0.05) is 29.8 Å². The molecule has 0 aliphatic carbocycles. The largest absolute Gasteiger partial charge is 0.488 e. The number of hydrogen-bond acceptors (Lipinski definition) is 4. The lowest BCUT2D eigenvalue weighted by molar-refractivity contribution is 0.111. The average Bonchev–Trinajstić information content (AvgIpc) is 2.74. The normalized spacial score (nSPS) is 10.3. The Morgan fingerprint density at radius 2 is 1.90 bits per heavy atom. The van der Waals surface area contributed by atoms with E-state index in [9.17, 15) is 4.79 Å². The second kappa shape index (κ2) is 9.22. The van der Waals surface area contributed by atoms with Gasteiger partial charge in [0, 0.05) is 18.5 Å². The summed E-state index contributed by atoms with van der Waals surface area (Å²) in [5, 5.41) is 0.335. The molecule has 0 saturated heterocycles. The zero-order valence-electron chi connectivity index (χ0n) is 16.1. The number of carbonyl (C=O) groups excluding carboxylic acids is 1. The zero-order valence-corrected chi connectivity index (χ0v) is 16.9. The van der Waals surface area contributed by atoms with Crippen molar-refractivity contribution in [2.45, 2.75) is 27.1 Å². The molecule has 0 spiro atoms. The number of aldehydes is 1. The number of halogens is 1. The van der Waals surface area contributed by atoms with Crippen molar-refractivity contribution in [2.24, 2.45) is 0 Å². The second-order valence-electron chi connectivity index (χ2n) is 6.54. The summed E-state index contributed by atoms with van der Waals surface area (Å²) in [4.78, 5) is 18.8. The molecule has 0 aliphatic rings. The Bertz CT molecular complexity index is 1090. The smallest absolute Gasteiger partial charge is 0.205 e. The van der Waals surface area contributed by atoms with E-state index in [2.05, 4.69) is 22.8 Å². The SMILES string of the molecule is [C-]#[N+]c1cncc(COc2cc(OCc3cccc(C)c3C)c(Cl)cc2C=O)c1. The number of aryl methyl sites for hydroxylation is 1. The topological polar surface area (TPSA) is 52.8 Å². The van der Waals surface area contributed by atoms with Gasteiger partial charge in [-0.25, -0.2) is 4.85 Å². The van der Waals surface area contributed by atoms with Gasteiger partial charge in [-0.15, -0.1) is 0 Å². The Morgan fingerprint density at radius 3 is 2.66 bits per heavy atom. The third-order valence-electron chi connectivity index (χ3n) is 4.60. The van der Waals surface area contributed by atoms with Gasteiger partial charge in [-0.3, -0.25) is 9.78 Å². The molecule has 0 N–H and O–H groups in total. The maximum atomic E-state index is 11.4. The molecule has 0 bridgehead atoms. The number of nitrogens with zero attached hydrogens (tertiary/aromatic N) is 2. The molecule has 2 aromatic carbocycles. The number of aromatic nitrogens is 1.